The van der Waals surface area contributed by atoms with Gasteiger partial charge in [0.05, 0.1) is 11.4 Å². The zero-order valence-electron chi connectivity index (χ0n) is 16.4. The van der Waals surface area contributed by atoms with Crippen LogP contribution in [0.15, 0.2) is 66.7 Å². The molecule has 1 aromatic heterocycles. The van der Waals surface area contributed by atoms with Gasteiger partial charge in [0.25, 0.3) is 5.91 Å². The van der Waals surface area contributed by atoms with E-state index in [-0.39, 0.29) is 11.5 Å². The standard InChI is InChI=1S/C23H18ClFN4O/c1-14-7-5-8-16(13-14)22-27-21(23(30)26-19-11-4-3-10-18(19)25)28-29(22)20-12-6-9-17(24)15(20)2/h3-13H,1-2H3,(H,26,30). The third-order valence-corrected chi connectivity index (χ3v) is 5.09. The Kier molecular flexibility index (Phi) is 5.33. The van der Waals surface area contributed by atoms with Crippen LogP contribution < -0.4 is 5.32 Å². The Balaban J connectivity index is 1.83. The van der Waals surface area contributed by atoms with Crippen LogP contribution in [0.1, 0.15) is 21.7 Å². The first-order valence-corrected chi connectivity index (χ1v) is 9.67. The summed E-state index contributed by atoms with van der Waals surface area (Å²) in [5.41, 5.74) is 3.42. The Morgan fingerprint density at radius 3 is 2.57 bits per heavy atom. The number of anilines is 1. The Labute approximate surface area is 178 Å². The van der Waals surface area contributed by atoms with Gasteiger partial charge in [-0.3, -0.25) is 4.79 Å². The molecule has 150 valence electrons. The highest BCUT2D eigenvalue weighted by Gasteiger charge is 2.21. The first-order chi connectivity index (χ1) is 14.4. The molecule has 1 N–H and O–H groups in total. The maximum Gasteiger partial charge on any atom is 0.295 e. The summed E-state index contributed by atoms with van der Waals surface area (Å²) < 4.78 is 15.5. The number of carbonyl (C=O) groups is 1. The summed E-state index contributed by atoms with van der Waals surface area (Å²) in [5, 5.41) is 7.53. The fourth-order valence-electron chi connectivity index (χ4n) is 3.11. The minimum absolute atomic E-state index is 0.0647. The van der Waals surface area contributed by atoms with Gasteiger partial charge < -0.3 is 5.32 Å². The Bertz CT molecular complexity index is 1250. The number of carbonyl (C=O) groups excluding carboxylic acids is 1. The Morgan fingerprint density at radius 2 is 1.80 bits per heavy atom. The molecular weight excluding hydrogens is 403 g/mol. The second-order valence-corrected chi connectivity index (χ2v) is 7.27. The molecule has 4 aromatic rings. The van der Waals surface area contributed by atoms with Crippen LogP contribution in [0.3, 0.4) is 0 Å². The molecule has 30 heavy (non-hydrogen) atoms. The molecule has 0 saturated heterocycles. The Morgan fingerprint density at radius 1 is 1.03 bits per heavy atom. The monoisotopic (exact) mass is 420 g/mol. The van der Waals surface area contributed by atoms with Gasteiger partial charge in [-0.05, 0) is 49.7 Å². The fourth-order valence-corrected chi connectivity index (χ4v) is 3.28. The van der Waals surface area contributed by atoms with Gasteiger partial charge in [-0.2, -0.15) is 0 Å². The lowest BCUT2D eigenvalue weighted by Crippen LogP contribution is -2.15. The van der Waals surface area contributed by atoms with E-state index in [0.717, 1.165) is 16.7 Å². The quantitative estimate of drug-likeness (QED) is 0.467. The van der Waals surface area contributed by atoms with Crippen LogP contribution >= 0.6 is 11.6 Å². The minimum Gasteiger partial charge on any atom is -0.317 e. The number of nitrogens with zero attached hydrogens (tertiary/aromatic N) is 3. The van der Waals surface area contributed by atoms with Crippen LogP contribution in [-0.2, 0) is 0 Å². The molecule has 7 heteroatoms. The van der Waals surface area contributed by atoms with E-state index in [4.69, 9.17) is 11.6 Å². The van der Waals surface area contributed by atoms with Crippen molar-refractivity contribution >= 4 is 23.2 Å². The fraction of sp³-hybridized carbons (Fsp3) is 0.0870. The molecule has 1 amide bonds. The predicted molar refractivity (Wildman–Crippen MR) is 116 cm³/mol. The normalized spacial score (nSPS) is 10.8. The molecule has 3 aromatic carbocycles. The van der Waals surface area contributed by atoms with Crippen molar-refractivity contribution in [1.82, 2.24) is 14.8 Å². The molecule has 0 spiro atoms. The molecule has 0 bridgehead atoms. The minimum atomic E-state index is -0.604. The van der Waals surface area contributed by atoms with Crippen molar-refractivity contribution in [2.45, 2.75) is 13.8 Å². The van der Waals surface area contributed by atoms with Gasteiger partial charge >= 0.3 is 0 Å². The predicted octanol–water partition coefficient (Wildman–Crippen LogP) is 5.60. The van der Waals surface area contributed by atoms with Crippen molar-refractivity contribution in [3.05, 3.63) is 94.5 Å². The molecule has 0 saturated carbocycles. The summed E-state index contributed by atoms with van der Waals surface area (Å²) in [6.07, 6.45) is 0. The second kappa shape index (κ2) is 8.08. The van der Waals surface area contributed by atoms with Crippen molar-refractivity contribution in [2.24, 2.45) is 0 Å². The van der Waals surface area contributed by atoms with E-state index in [9.17, 15) is 9.18 Å². The summed E-state index contributed by atoms with van der Waals surface area (Å²) in [4.78, 5) is 17.2. The first-order valence-electron chi connectivity index (χ1n) is 9.29. The van der Waals surface area contributed by atoms with E-state index in [1.54, 1.807) is 22.9 Å². The summed E-state index contributed by atoms with van der Waals surface area (Å²) in [5.74, 6) is -0.723. The van der Waals surface area contributed by atoms with Crippen LogP contribution in [0.2, 0.25) is 5.02 Å². The van der Waals surface area contributed by atoms with E-state index < -0.39 is 11.7 Å². The van der Waals surface area contributed by atoms with Gasteiger partial charge in [0.15, 0.2) is 5.82 Å². The lowest BCUT2D eigenvalue weighted by atomic mass is 10.1. The lowest BCUT2D eigenvalue weighted by Gasteiger charge is -2.10. The molecule has 0 radical (unpaired) electrons. The molecule has 0 aliphatic rings. The first kappa shape index (κ1) is 19.8. The molecule has 0 unspecified atom stereocenters. The van der Waals surface area contributed by atoms with Crippen molar-refractivity contribution < 1.29 is 9.18 Å². The highest BCUT2D eigenvalue weighted by Crippen LogP contribution is 2.27. The van der Waals surface area contributed by atoms with Crippen LogP contribution in [0.5, 0.6) is 0 Å². The third kappa shape index (κ3) is 3.82. The Hall–Kier alpha value is -3.51. The summed E-state index contributed by atoms with van der Waals surface area (Å²) in [7, 11) is 0. The van der Waals surface area contributed by atoms with Crippen LogP contribution in [-0.4, -0.2) is 20.7 Å². The number of aryl methyl sites for hydroxylation is 1. The van der Waals surface area contributed by atoms with Crippen molar-refractivity contribution in [3.63, 3.8) is 0 Å². The maximum absolute atomic E-state index is 13.9. The van der Waals surface area contributed by atoms with Gasteiger partial charge in [0.1, 0.15) is 5.82 Å². The van der Waals surface area contributed by atoms with Gasteiger partial charge in [0.2, 0.25) is 5.82 Å². The van der Waals surface area contributed by atoms with Crippen molar-refractivity contribution in [1.29, 1.82) is 0 Å². The average molecular weight is 421 g/mol. The number of para-hydroxylation sites is 1. The number of aromatic nitrogens is 3. The van der Waals surface area contributed by atoms with E-state index in [1.807, 2.05) is 50.2 Å². The molecule has 5 nitrogen and oxygen atoms in total. The molecule has 0 aliphatic carbocycles. The summed E-state index contributed by atoms with van der Waals surface area (Å²) in [6.45, 7) is 3.85. The van der Waals surface area contributed by atoms with Crippen LogP contribution in [0, 0.1) is 19.7 Å². The van der Waals surface area contributed by atoms with Crippen LogP contribution in [0.25, 0.3) is 17.1 Å². The SMILES string of the molecule is Cc1cccc(-c2nc(C(=O)Nc3ccccc3F)nn2-c2cccc(Cl)c2C)c1. The molecule has 0 aliphatic heterocycles. The molecular formula is C23H18ClFN4O. The van der Waals surface area contributed by atoms with Crippen LogP contribution in [0.4, 0.5) is 10.1 Å². The summed E-state index contributed by atoms with van der Waals surface area (Å²) >= 11 is 6.30. The highest BCUT2D eigenvalue weighted by atomic mass is 35.5. The average Bonchev–Trinajstić information content (AvgIpc) is 3.17. The molecule has 4 rings (SSSR count). The maximum atomic E-state index is 13.9. The highest BCUT2D eigenvalue weighted by molar-refractivity contribution is 6.31. The number of benzene rings is 3. The van der Waals surface area contributed by atoms with Gasteiger partial charge in [-0.25, -0.2) is 14.1 Å². The number of hydrogen-bond acceptors (Lipinski definition) is 3. The zero-order chi connectivity index (χ0) is 21.3. The topological polar surface area (TPSA) is 59.8 Å². The number of amides is 1. The van der Waals surface area contributed by atoms with Crippen molar-refractivity contribution in [2.75, 3.05) is 5.32 Å². The zero-order valence-corrected chi connectivity index (χ0v) is 17.1. The van der Waals surface area contributed by atoms with E-state index in [0.29, 0.717) is 16.5 Å². The molecule has 1 heterocycles. The number of hydrogen-bond donors (Lipinski definition) is 1. The second-order valence-electron chi connectivity index (χ2n) is 6.86. The smallest absolute Gasteiger partial charge is 0.295 e. The van der Waals surface area contributed by atoms with Gasteiger partial charge in [0, 0.05) is 10.6 Å². The van der Waals surface area contributed by atoms with E-state index >= 15 is 0 Å². The summed E-state index contributed by atoms with van der Waals surface area (Å²) in [6, 6.07) is 19.1. The van der Waals surface area contributed by atoms with Crippen molar-refractivity contribution in [3.8, 4) is 17.1 Å². The van der Waals surface area contributed by atoms with Gasteiger partial charge in [-0.1, -0.05) is 53.6 Å². The number of nitrogens with one attached hydrogen (secondary N) is 1. The number of rotatable bonds is 4. The van der Waals surface area contributed by atoms with Gasteiger partial charge in [-0.15, -0.1) is 5.10 Å². The lowest BCUT2D eigenvalue weighted by molar-refractivity contribution is 0.101. The third-order valence-electron chi connectivity index (χ3n) is 4.68. The largest absolute Gasteiger partial charge is 0.317 e. The molecule has 0 atom stereocenters. The van der Waals surface area contributed by atoms with E-state index in [2.05, 4.69) is 15.4 Å². The van der Waals surface area contributed by atoms with E-state index in [1.165, 1.54) is 12.1 Å². The molecule has 0 fully saturated rings. The number of halogens is 2.